The van der Waals surface area contributed by atoms with Gasteiger partial charge in [0.25, 0.3) is 5.91 Å². The summed E-state index contributed by atoms with van der Waals surface area (Å²) >= 11 is 3.17. The number of imidazole rings is 1. The minimum absolute atomic E-state index is 0.160. The average Bonchev–Trinajstić information content (AvgIpc) is 3.26. The van der Waals surface area contributed by atoms with Gasteiger partial charge >= 0.3 is 5.69 Å². The molecule has 0 radical (unpaired) electrons. The maximum atomic E-state index is 13.0. The van der Waals surface area contributed by atoms with Gasteiger partial charge in [0.1, 0.15) is 0 Å². The Kier molecular flexibility index (Phi) is 5.12. The van der Waals surface area contributed by atoms with Crippen LogP contribution in [-0.2, 0) is 13.1 Å². The molecule has 8 heteroatoms. The van der Waals surface area contributed by atoms with E-state index in [1.54, 1.807) is 27.5 Å². The van der Waals surface area contributed by atoms with Crippen molar-refractivity contribution in [3.63, 3.8) is 0 Å². The van der Waals surface area contributed by atoms with Gasteiger partial charge < -0.3 is 9.73 Å². The van der Waals surface area contributed by atoms with Crippen molar-refractivity contribution >= 4 is 33.0 Å². The Labute approximate surface area is 168 Å². The molecule has 4 aromatic rings. The van der Waals surface area contributed by atoms with Crippen LogP contribution in [0.5, 0.6) is 0 Å². The van der Waals surface area contributed by atoms with Crippen molar-refractivity contribution in [2.75, 3.05) is 6.54 Å². The van der Waals surface area contributed by atoms with Crippen LogP contribution in [0.1, 0.15) is 16.1 Å². The summed E-state index contributed by atoms with van der Waals surface area (Å²) in [6.07, 6.45) is 1.66. The molecule has 0 bridgehead atoms. The van der Waals surface area contributed by atoms with Crippen molar-refractivity contribution in [2.24, 2.45) is 0 Å². The Morgan fingerprint density at radius 3 is 2.64 bits per heavy atom. The van der Waals surface area contributed by atoms with Crippen LogP contribution in [0.25, 0.3) is 11.2 Å². The third kappa shape index (κ3) is 3.63. The van der Waals surface area contributed by atoms with E-state index >= 15 is 0 Å². The average molecular weight is 441 g/mol. The van der Waals surface area contributed by atoms with Crippen molar-refractivity contribution in [3.05, 3.63) is 87.3 Å². The molecule has 4 rings (SSSR count). The Morgan fingerprint density at radius 2 is 1.89 bits per heavy atom. The molecule has 0 saturated carbocycles. The first kappa shape index (κ1) is 18.2. The second-order valence-corrected chi connectivity index (χ2v) is 6.99. The fraction of sp³-hybridized carbons (Fsp3) is 0.150. The van der Waals surface area contributed by atoms with E-state index in [0.717, 1.165) is 11.1 Å². The molecular formula is C20H17BrN4O3. The summed E-state index contributed by atoms with van der Waals surface area (Å²) in [6.45, 7) is 1.04. The van der Waals surface area contributed by atoms with E-state index in [-0.39, 0.29) is 23.9 Å². The number of fused-ring (bicyclic) bond motifs is 1. The van der Waals surface area contributed by atoms with E-state index in [1.807, 2.05) is 42.5 Å². The second kappa shape index (κ2) is 7.85. The summed E-state index contributed by atoms with van der Waals surface area (Å²) in [5.74, 6) is -0.122. The van der Waals surface area contributed by atoms with Gasteiger partial charge in [-0.2, -0.15) is 0 Å². The number of nitrogens with one attached hydrogen (secondary N) is 1. The number of amides is 1. The summed E-state index contributed by atoms with van der Waals surface area (Å²) in [5.41, 5.74) is 2.23. The number of carbonyl (C=O) groups is 1. The minimum Gasteiger partial charge on any atom is -0.444 e. The number of furan rings is 1. The van der Waals surface area contributed by atoms with E-state index in [4.69, 9.17) is 4.42 Å². The van der Waals surface area contributed by atoms with Crippen LogP contribution in [0, 0.1) is 0 Å². The fourth-order valence-electron chi connectivity index (χ4n) is 3.07. The quantitative estimate of drug-likeness (QED) is 0.499. The largest absolute Gasteiger partial charge is 0.444 e. The summed E-state index contributed by atoms with van der Waals surface area (Å²) in [6, 6.07) is 16.7. The van der Waals surface area contributed by atoms with Crippen molar-refractivity contribution in [2.45, 2.75) is 13.1 Å². The molecule has 0 atom stereocenters. The number of halogens is 1. The van der Waals surface area contributed by atoms with E-state index in [0.29, 0.717) is 23.4 Å². The van der Waals surface area contributed by atoms with Crippen LogP contribution in [0.4, 0.5) is 0 Å². The SMILES string of the molecule is O=C(NCCn1c(=O)n(Cc2ccccc2)c2cccnc21)c1ccc(Br)o1. The molecule has 142 valence electrons. The molecule has 0 aliphatic rings. The van der Waals surface area contributed by atoms with Crippen LogP contribution < -0.4 is 11.0 Å². The zero-order valence-corrected chi connectivity index (χ0v) is 16.4. The first-order valence-corrected chi connectivity index (χ1v) is 9.54. The number of rotatable bonds is 6. The lowest BCUT2D eigenvalue weighted by atomic mass is 10.2. The van der Waals surface area contributed by atoms with Crippen LogP contribution in [-0.4, -0.2) is 26.6 Å². The molecular weight excluding hydrogens is 424 g/mol. The van der Waals surface area contributed by atoms with Gasteiger partial charge in [0.2, 0.25) is 0 Å². The first-order chi connectivity index (χ1) is 13.6. The molecule has 3 aromatic heterocycles. The van der Waals surface area contributed by atoms with Gasteiger partial charge in [0.15, 0.2) is 16.1 Å². The molecule has 0 aliphatic heterocycles. The van der Waals surface area contributed by atoms with Gasteiger partial charge in [-0.25, -0.2) is 9.78 Å². The molecule has 0 unspecified atom stereocenters. The number of pyridine rings is 1. The Morgan fingerprint density at radius 1 is 1.07 bits per heavy atom. The Balaban J connectivity index is 1.56. The highest BCUT2D eigenvalue weighted by molar-refractivity contribution is 9.10. The monoisotopic (exact) mass is 440 g/mol. The van der Waals surface area contributed by atoms with Crippen molar-refractivity contribution < 1.29 is 9.21 Å². The van der Waals surface area contributed by atoms with Gasteiger partial charge in [0, 0.05) is 19.3 Å². The van der Waals surface area contributed by atoms with E-state index in [1.165, 1.54) is 0 Å². The maximum Gasteiger partial charge on any atom is 0.330 e. The lowest BCUT2D eigenvalue weighted by molar-refractivity contribution is 0.0923. The Bertz CT molecular complexity index is 1180. The molecule has 0 aliphatic carbocycles. The predicted molar refractivity (Wildman–Crippen MR) is 108 cm³/mol. The molecule has 1 amide bonds. The maximum absolute atomic E-state index is 13.0. The lowest BCUT2D eigenvalue weighted by Crippen LogP contribution is -2.31. The number of carbonyl (C=O) groups excluding carboxylic acids is 1. The van der Waals surface area contributed by atoms with Crippen LogP contribution in [0.15, 0.2) is 74.7 Å². The molecule has 1 N–H and O–H groups in total. The van der Waals surface area contributed by atoms with E-state index in [9.17, 15) is 9.59 Å². The summed E-state index contributed by atoms with van der Waals surface area (Å²) < 4.78 is 9.00. The standard InChI is InChI=1S/C20H17BrN4O3/c21-17-9-8-16(28-17)19(26)23-11-12-24-18-15(7-4-10-22-18)25(20(24)27)13-14-5-2-1-3-6-14/h1-10H,11-13H2,(H,23,26). The van der Waals surface area contributed by atoms with Gasteiger partial charge in [-0.3, -0.25) is 13.9 Å². The molecule has 0 fully saturated rings. The zero-order chi connectivity index (χ0) is 19.5. The number of nitrogens with zero attached hydrogens (tertiary/aromatic N) is 3. The zero-order valence-electron chi connectivity index (χ0n) is 14.8. The molecule has 1 aromatic carbocycles. The van der Waals surface area contributed by atoms with E-state index < -0.39 is 0 Å². The van der Waals surface area contributed by atoms with Crippen molar-refractivity contribution in [1.29, 1.82) is 0 Å². The third-order valence-electron chi connectivity index (χ3n) is 4.38. The summed E-state index contributed by atoms with van der Waals surface area (Å²) in [7, 11) is 0. The van der Waals surface area contributed by atoms with Gasteiger partial charge in [-0.15, -0.1) is 0 Å². The number of hydrogen-bond donors (Lipinski definition) is 1. The number of hydrogen-bond acceptors (Lipinski definition) is 4. The molecule has 28 heavy (non-hydrogen) atoms. The topological polar surface area (TPSA) is 82.1 Å². The van der Waals surface area contributed by atoms with Gasteiger partial charge in [-0.05, 0) is 45.8 Å². The van der Waals surface area contributed by atoms with Crippen LogP contribution in [0.3, 0.4) is 0 Å². The summed E-state index contributed by atoms with van der Waals surface area (Å²) in [5, 5.41) is 2.76. The highest BCUT2D eigenvalue weighted by Gasteiger charge is 2.15. The van der Waals surface area contributed by atoms with Gasteiger partial charge in [-0.1, -0.05) is 30.3 Å². The molecule has 3 heterocycles. The van der Waals surface area contributed by atoms with Gasteiger partial charge in [0.05, 0.1) is 12.1 Å². The first-order valence-electron chi connectivity index (χ1n) is 8.75. The van der Waals surface area contributed by atoms with Crippen molar-refractivity contribution in [1.82, 2.24) is 19.4 Å². The number of aromatic nitrogens is 3. The predicted octanol–water partition coefficient (Wildman–Crippen LogP) is 3.03. The highest BCUT2D eigenvalue weighted by atomic mass is 79.9. The van der Waals surface area contributed by atoms with E-state index in [2.05, 4.69) is 26.2 Å². The van der Waals surface area contributed by atoms with Crippen LogP contribution in [0.2, 0.25) is 0 Å². The fourth-order valence-corrected chi connectivity index (χ4v) is 3.38. The Hall–Kier alpha value is -3.13. The highest BCUT2D eigenvalue weighted by Crippen LogP contribution is 2.14. The second-order valence-electron chi connectivity index (χ2n) is 6.21. The normalized spacial score (nSPS) is 11.0. The van der Waals surface area contributed by atoms with Crippen molar-refractivity contribution in [3.8, 4) is 0 Å². The molecule has 0 saturated heterocycles. The van der Waals surface area contributed by atoms with Crippen LogP contribution >= 0.6 is 15.9 Å². The third-order valence-corrected chi connectivity index (χ3v) is 4.80. The molecule has 7 nitrogen and oxygen atoms in total. The summed E-state index contributed by atoms with van der Waals surface area (Å²) in [4.78, 5) is 29.5. The smallest absolute Gasteiger partial charge is 0.330 e. The lowest BCUT2D eigenvalue weighted by Gasteiger charge is -2.04. The number of benzene rings is 1. The molecule has 0 spiro atoms. The minimum atomic E-state index is -0.334.